The second-order valence-electron chi connectivity index (χ2n) is 6.01. The first kappa shape index (κ1) is 15.3. The SMILES string of the molecule is O=C(NCCNc1ccc2ccccc2c1)c1cc2ccccc2[nH]1. The van der Waals surface area contributed by atoms with Gasteiger partial charge in [0.25, 0.3) is 5.91 Å². The molecule has 0 aliphatic heterocycles. The third-order valence-electron chi connectivity index (χ3n) is 4.26. The molecule has 0 aliphatic rings. The Balaban J connectivity index is 1.33. The van der Waals surface area contributed by atoms with Gasteiger partial charge in [0.05, 0.1) is 0 Å². The molecule has 4 heteroatoms. The number of fused-ring (bicyclic) bond motifs is 2. The molecule has 0 unspecified atom stereocenters. The number of aromatic amines is 1. The molecule has 4 aromatic rings. The van der Waals surface area contributed by atoms with Crippen molar-refractivity contribution in [3.63, 3.8) is 0 Å². The highest BCUT2D eigenvalue weighted by atomic mass is 16.1. The van der Waals surface area contributed by atoms with Crippen molar-refractivity contribution < 1.29 is 4.79 Å². The molecule has 0 fully saturated rings. The van der Waals surface area contributed by atoms with Gasteiger partial charge in [0.1, 0.15) is 5.69 Å². The normalized spacial score (nSPS) is 10.9. The molecule has 0 aliphatic carbocycles. The summed E-state index contributed by atoms with van der Waals surface area (Å²) < 4.78 is 0. The van der Waals surface area contributed by atoms with E-state index in [1.54, 1.807) is 0 Å². The molecule has 0 bridgehead atoms. The van der Waals surface area contributed by atoms with E-state index in [0.29, 0.717) is 18.8 Å². The first-order valence-electron chi connectivity index (χ1n) is 8.38. The van der Waals surface area contributed by atoms with E-state index in [9.17, 15) is 4.79 Å². The first-order valence-corrected chi connectivity index (χ1v) is 8.38. The molecule has 1 heterocycles. The molecule has 0 saturated carbocycles. The number of benzene rings is 3. The van der Waals surface area contributed by atoms with Gasteiger partial charge in [-0.15, -0.1) is 0 Å². The summed E-state index contributed by atoms with van der Waals surface area (Å²) in [5.41, 5.74) is 2.62. The van der Waals surface area contributed by atoms with Crippen LogP contribution in [0, 0.1) is 0 Å². The number of hydrogen-bond acceptors (Lipinski definition) is 2. The number of amides is 1. The smallest absolute Gasteiger partial charge is 0.267 e. The molecular weight excluding hydrogens is 310 g/mol. The van der Waals surface area contributed by atoms with Gasteiger partial charge >= 0.3 is 0 Å². The van der Waals surface area contributed by atoms with Crippen molar-refractivity contribution in [1.82, 2.24) is 10.3 Å². The summed E-state index contributed by atoms with van der Waals surface area (Å²) in [7, 11) is 0. The topological polar surface area (TPSA) is 56.9 Å². The van der Waals surface area contributed by atoms with Crippen LogP contribution in [-0.2, 0) is 0 Å². The van der Waals surface area contributed by atoms with Gasteiger partial charge in [0.2, 0.25) is 0 Å². The van der Waals surface area contributed by atoms with Crippen LogP contribution >= 0.6 is 0 Å². The highest BCUT2D eigenvalue weighted by Crippen LogP contribution is 2.18. The fourth-order valence-corrected chi connectivity index (χ4v) is 2.97. The Morgan fingerprint density at radius 3 is 2.40 bits per heavy atom. The average Bonchev–Trinajstić information content (AvgIpc) is 3.09. The number of carbonyl (C=O) groups is 1. The Morgan fingerprint density at radius 2 is 1.56 bits per heavy atom. The second-order valence-corrected chi connectivity index (χ2v) is 6.01. The van der Waals surface area contributed by atoms with Gasteiger partial charge in [0, 0.05) is 29.7 Å². The van der Waals surface area contributed by atoms with Crippen LogP contribution in [-0.4, -0.2) is 24.0 Å². The first-order chi connectivity index (χ1) is 12.3. The van der Waals surface area contributed by atoms with E-state index in [1.165, 1.54) is 10.8 Å². The van der Waals surface area contributed by atoms with Gasteiger partial charge < -0.3 is 15.6 Å². The maximum Gasteiger partial charge on any atom is 0.267 e. The van der Waals surface area contributed by atoms with E-state index in [4.69, 9.17) is 0 Å². The van der Waals surface area contributed by atoms with Crippen LogP contribution in [0.4, 0.5) is 5.69 Å². The van der Waals surface area contributed by atoms with Crippen LogP contribution < -0.4 is 10.6 Å². The molecule has 4 rings (SSSR count). The highest BCUT2D eigenvalue weighted by molar-refractivity contribution is 5.98. The monoisotopic (exact) mass is 329 g/mol. The number of nitrogens with one attached hydrogen (secondary N) is 3. The molecule has 1 amide bonds. The minimum atomic E-state index is -0.0866. The molecule has 25 heavy (non-hydrogen) atoms. The van der Waals surface area contributed by atoms with Crippen molar-refractivity contribution in [3.05, 3.63) is 78.5 Å². The number of para-hydroxylation sites is 1. The van der Waals surface area contributed by atoms with E-state index in [-0.39, 0.29) is 5.91 Å². The zero-order chi connectivity index (χ0) is 17.1. The number of anilines is 1. The average molecular weight is 329 g/mol. The number of carbonyl (C=O) groups excluding carboxylic acids is 1. The molecule has 0 radical (unpaired) electrons. The lowest BCUT2D eigenvalue weighted by Gasteiger charge is -2.08. The zero-order valence-corrected chi connectivity index (χ0v) is 13.8. The fourth-order valence-electron chi connectivity index (χ4n) is 2.97. The Kier molecular flexibility index (Phi) is 4.09. The fraction of sp³-hybridized carbons (Fsp3) is 0.0952. The molecule has 0 spiro atoms. The molecule has 4 nitrogen and oxygen atoms in total. The summed E-state index contributed by atoms with van der Waals surface area (Å²) in [4.78, 5) is 15.4. The predicted molar refractivity (Wildman–Crippen MR) is 103 cm³/mol. The van der Waals surface area contributed by atoms with Crippen molar-refractivity contribution >= 4 is 33.3 Å². The van der Waals surface area contributed by atoms with Gasteiger partial charge in [-0.2, -0.15) is 0 Å². The maximum absolute atomic E-state index is 12.2. The predicted octanol–water partition coefficient (Wildman–Crippen LogP) is 4.16. The van der Waals surface area contributed by atoms with Crippen molar-refractivity contribution in [2.45, 2.75) is 0 Å². The minimum absolute atomic E-state index is 0.0866. The van der Waals surface area contributed by atoms with Crippen molar-refractivity contribution in [1.29, 1.82) is 0 Å². The maximum atomic E-state index is 12.2. The highest BCUT2D eigenvalue weighted by Gasteiger charge is 2.08. The Bertz CT molecular complexity index is 1000. The van der Waals surface area contributed by atoms with Crippen LogP contribution in [0.1, 0.15) is 10.5 Å². The van der Waals surface area contributed by atoms with Gasteiger partial charge in [-0.3, -0.25) is 4.79 Å². The lowest BCUT2D eigenvalue weighted by Crippen LogP contribution is -2.28. The minimum Gasteiger partial charge on any atom is -0.383 e. The Hall–Kier alpha value is -3.27. The quantitative estimate of drug-likeness (QED) is 0.482. The zero-order valence-electron chi connectivity index (χ0n) is 13.8. The summed E-state index contributed by atoms with van der Waals surface area (Å²) >= 11 is 0. The van der Waals surface area contributed by atoms with Crippen LogP contribution in [0.5, 0.6) is 0 Å². The van der Waals surface area contributed by atoms with E-state index < -0.39 is 0 Å². The van der Waals surface area contributed by atoms with Crippen molar-refractivity contribution in [2.75, 3.05) is 18.4 Å². The lowest BCUT2D eigenvalue weighted by atomic mass is 10.1. The van der Waals surface area contributed by atoms with Gasteiger partial charge in [-0.25, -0.2) is 0 Å². The van der Waals surface area contributed by atoms with Gasteiger partial charge in [0.15, 0.2) is 0 Å². The van der Waals surface area contributed by atoms with Crippen LogP contribution in [0.15, 0.2) is 72.8 Å². The number of hydrogen-bond donors (Lipinski definition) is 3. The number of H-pyrrole nitrogens is 1. The van der Waals surface area contributed by atoms with Crippen molar-refractivity contribution in [3.8, 4) is 0 Å². The second kappa shape index (κ2) is 6.69. The molecule has 3 aromatic carbocycles. The van der Waals surface area contributed by atoms with E-state index in [2.05, 4.69) is 45.9 Å². The molecule has 3 N–H and O–H groups in total. The van der Waals surface area contributed by atoms with Gasteiger partial charge in [-0.05, 0) is 35.0 Å². The van der Waals surface area contributed by atoms with E-state index >= 15 is 0 Å². The largest absolute Gasteiger partial charge is 0.383 e. The molecule has 124 valence electrons. The lowest BCUT2D eigenvalue weighted by molar-refractivity contribution is 0.0951. The summed E-state index contributed by atoms with van der Waals surface area (Å²) in [6, 6.07) is 24.3. The Morgan fingerprint density at radius 1 is 0.800 bits per heavy atom. The summed E-state index contributed by atoms with van der Waals surface area (Å²) in [5, 5.41) is 9.75. The van der Waals surface area contributed by atoms with Gasteiger partial charge in [-0.1, -0.05) is 48.5 Å². The third kappa shape index (κ3) is 3.33. The van der Waals surface area contributed by atoms with Crippen LogP contribution in [0.3, 0.4) is 0 Å². The molecule has 1 aromatic heterocycles. The number of rotatable bonds is 5. The van der Waals surface area contributed by atoms with Crippen LogP contribution in [0.2, 0.25) is 0 Å². The summed E-state index contributed by atoms with van der Waals surface area (Å²) in [5.74, 6) is -0.0866. The number of aromatic nitrogens is 1. The molecule has 0 atom stereocenters. The third-order valence-corrected chi connectivity index (χ3v) is 4.26. The summed E-state index contributed by atoms with van der Waals surface area (Å²) in [6.45, 7) is 1.23. The standard InChI is InChI=1S/C21H19N3O/c25-21(20-14-17-7-3-4-8-19(17)24-20)23-12-11-22-18-10-9-15-5-1-2-6-16(15)13-18/h1-10,13-14,22,24H,11-12H2,(H,23,25). The molecular formula is C21H19N3O. The van der Waals surface area contributed by atoms with Crippen LogP contribution in [0.25, 0.3) is 21.7 Å². The molecule has 0 saturated heterocycles. The van der Waals surface area contributed by atoms with E-state index in [0.717, 1.165) is 16.6 Å². The Labute approximate surface area is 145 Å². The van der Waals surface area contributed by atoms with Crippen molar-refractivity contribution in [2.24, 2.45) is 0 Å². The summed E-state index contributed by atoms with van der Waals surface area (Å²) in [6.07, 6.45) is 0. The van der Waals surface area contributed by atoms with E-state index in [1.807, 2.05) is 42.5 Å².